The van der Waals surface area contributed by atoms with Crippen molar-refractivity contribution in [1.82, 2.24) is 5.43 Å². The van der Waals surface area contributed by atoms with Crippen molar-refractivity contribution in [3.8, 4) is 5.75 Å². The van der Waals surface area contributed by atoms with Gasteiger partial charge < -0.3 is 4.74 Å². The number of rotatable bonds is 10. The fourth-order valence-corrected chi connectivity index (χ4v) is 5.42. The van der Waals surface area contributed by atoms with E-state index < -0.39 is 15.9 Å². The van der Waals surface area contributed by atoms with Crippen molar-refractivity contribution in [2.45, 2.75) is 25.3 Å². The molecule has 0 aromatic heterocycles. The Balaban J connectivity index is 1.66. The third-order valence-electron chi connectivity index (χ3n) is 5.84. The lowest BCUT2D eigenvalue weighted by molar-refractivity contribution is 0.0955. The van der Waals surface area contributed by atoms with Crippen LogP contribution in [0.15, 0.2) is 107 Å². The fraction of sp³-hybridized carbons (Fsp3) is 0.133. The summed E-state index contributed by atoms with van der Waals surface area (Å²) in [6.45, 7) is 4.35. The van der Waals surface area contributed by atoms with Crippen LogP contribution in [-0.2, 0) is 16.6 Å². The van der Waals surface area contributed by atoms with Crippen molar-refractivity contribution >= 4 is 39.4 Å². The predicted molar refractivity (Wildman–Crippen MR) is 155 cm³/mol. The average molecular weight is 562 g/mol. The number of ether oxygens (including phenoxy) is 1. The summed E-state index contributed by atoms with van der Waals surface area (Å²) >= 11 is 6.04. The Morgan fingerprint density at radius 3 is 2.28 bits per heavy atom. The standard InChI is InChI=1S/C30H28ClN3O4S/c1-3-38-26-16-12-23(13-17-26)20-32-33-30(35)28-6-4-5-7-29(28)34(21-24-10-14-25(31)15-11-24)39(36,37)27-18-8-22(2)9-19-27/h4-20H,3,21H2,1-2H3,(H,33,35)/b32-20-. The minimum absolute atomic E-state index is 0.00683. The Labute approximate surface area is 233 Å². The molecule has 0 aliphatic carbocycles. The fourth-order valence-electron chi connectivity index (χ4n) is 3.82. The SMILES string of the molecule is CCOc1ccc(/C=N\NC(=O)c2ccccc2N(Cc2ccc(Cl)cc2)S(=O)(=O)c2ccc(C)cc2)cc1. The molecule has 0 bridgehead atoms. The van der Waals surface area contributed by atoms with Crippen LogP contribution >= 0.6 is 11.6 Å². The molecule has 0 radical (unpaired) electrons. The molecule has 4 rings (SSSR count). The van der Waals surface area contributed by atoms with Crippen LogP contribution in [0.2, 0.25) is 5.02 Å². The number of sulfonamides is 1. The molecule has 0 atom stereocenters. The summed E-state index contributed by atoms with van der Waals surface area (Å²) in [4.78, 5) is 13.3. The molecule has 39 heavy (non-hydrogen) atoms. The molecule has 0 aliphatic rings. The first-order chi connectivity index (χ1) is 18.8. The van der Waals surface area contributed by atoms with Crippen molar-refractivity contribution < 1.29 is 17.9 Å². The smallest absolute Gasteiger partial charge is 0.273 e. The number of carbonyl (C=O) groups excluding carboxylic acids is 1. The van der Waals surface area contributed by atoms with Gasteiger partial charge in [-0.25, -0.2) is 13.8 Å². The Morgan fingerprint density at radius 1 is 0.949 bits per heavy atom. The van der Waals surface area contributed by atoms with Crippen molar-refractivity contribution in [3.05, 3.63) is 124 Å². The number of aryl methyl sites for hydroxylation is 1. The first-order valence-electron chi connectivity index (χ1n) is 12.3. The van der Waals surface area contributed by atoms with E-state index in [1.54, 1.807) is 72.8 Å². The van der Waals surface area contributed by atoms with E-state index in [-0.39, 0.29) is 22.7 Å². The summed E-state index contributed by atoms with van der Waals surface area (Å²) in [6, 6.07) is 27.3. The van der Waals surface area contributed by atoms with Crippen molar-refractivity contribution in [2.24, 2.45) is 5.10 Å². The van der Waals surface area contributed by atoms with Gasteiger partial charge in [0.2, 0.25) is 0 Å². The zero-order valence-electron chi connectivity index (χ0n) is 21.5. The van der Waals surface area contributed by atoms with E-state index in [2.05, 4.69) is 10.5 Å². The number of para-hydroxylation sites is 1. The highest BCUT2D eigenvalue weighted by Gasteiger charge is 2.28. The van der Waals surface area contributed by atoms with Crippen LogP contribution in [-0.4, -0.2) is 27.1 Å². The molecule has 4 aromatic rings. The number of benzene rings is 4. The molecule has 0 fully saturated rings. The van der Waals surface area contributed by atoms with Crippen LogP contribution in [0.1, 0.15) is 34.0 Å². The van der Waals surface area contributed by atoms with Crippen LogP contribution in [0.5, 0.6) is 5.75 Å². The second kappa shape index (κ2) is 12.6. The number of hydrogen-bond donors (Lipinski definition) is 1. The third-order valence-corrected chi connectivity index (χ3v) is 7.86. The first-order valence-corrected chi connectivity index (χ1v) is 14.1. The zero-order chi connectivity index (χ0) is 27.8. The average Bonchev–Trinajstić information content (AvgIpc) is 2.94. The molecule has 4 aromatic carbocycles. The number of carbonyl (C=O) groups is 1. The molecule has 200 valence electrons. The van der Waals surface area contributed by atoms with Gasteiger partial charge in [0.25, 0.3) is 15.9 Å². The summed E-state index contributed by atoms with van der Waals surface area (Å²) < 4.78 is 34.4. The lowest BCUT2D eigenvalue weighted by Gasteiger charge is -2.26. The zero-order valence-corrected chi connectivity index (χ0v) is 23.1. The summed E-state index contributed by atoms with van der Waals surface area (Å²) in [6.07, 6.45) is 1.50. The second-order valence-electron chi connectivity index (χ2n) is 8.67. The Hall–Kier alpha value is -4.14. The molecule has 0 unspecified atom stereocenters. The van der Waals surface area contributed by atoms with Crippen LogP contribution in [0.25, 0.3) is 0 Å². The van der Waals surface area contributed by atoms with Crippen molar-refractivity contribution in [1.29, 1.82) is 0 Å². The molecule has 0 heterocycles. The van der Waals surface area contributed by atoms with Gasteiger partial charge >= 0.3 is 0 Å². The monoisotopic (exact) mass is 561 g/mol. The molecular weight excluding hydrogens is 534 g/mol. The van der Waals surface area contributed by atoms with Crippen molar-refractivity contribution in [3.63, 3.8) is 0 Å². The summed E-state index contributed by atoms with van der Waals surface area (Å²) in [5.41, 5.74) is 5.30. The number of hydrazone groups is 1. The molecule has 0 spiro atoms. The van der Waals surface area contributed by atoms with Gasteiger partial charge in [0, 0.05) is 5.02 Å². The van der Waals surface area contributed by atoms with E-state index in [9.17, 15) is 13.2 Å². The molecule has 9 heteroatoms. The number of hydrogen-bond acceptors (Lipinski definition) is 5. The van der Waals surface area contributed by atoms with E-state index >= 15 is 0 Å². The van der Waals surface area contributed by atoms with Gasteiger partial charge in [0.15, 0.2) is 0 Å². The highest BCUT2D eigenvalue weighted by atomic mass is 35.5. The van der Waals surface area contributed by atoms with E-state index in [1.807, 2.05) is 38.1 Å². The van der Waals surface area contributed by atoms with Crippen molar-refractivity contribution in [2.75, 3.05) is 10.9 Å². The van der Waals surface area contributed by atoms with Gasteiger partial charge in [-0.05, 0) is 85.6 Å². The quantitative estimate of drug-likeness (QED) is 0.184. The maximum absolute atomic E-state index is 13.9. The van der Waals surface area contributed by atoms with E-state index in [0.29, 0.717) is 17.2 Å². The predicted octanol–water partition coefficient (Wildman–Crippen LogP) is 6.21. The topological polar surface area (TPSA) is 88.1 Å². The number of nitrogens with zero attached hydrogens (tertiary/aromatic N) is 2. The lowest BCUT2D eigenvalue weighted by Crippen LogP contribution is -2.33. The van der Waals surface area contributed by atoms with Crippen LogP contribution < -0.4 is 14.5 Å². The first kappa shape index (κ1) is 27.9. The molecule has 0 aliphatic heterocycles. The van der Waals surface area contributed by atoms with E-state index in [1.165, 1.54) is 10.5 Å². The molecule has 7 nitrogen and oxygen atoms in total. The van der Waals surface area contributed by atoms with Crippen LogP contribution in [0.3, 0.4) is 0 Å². The lowest BCUT2D eigenvalue weighted by atomic mass is 10.1. The van der Waals surface area contributed by atoms with Gasteiger partial charge in [-0.3, -0.25) is 9.10 Å². The largest absolute Gasteiger partial charge is 0.494 e. The minimum atomic E-state index is -4.04. The normalized spacial score (nSPS) is 11.4. The molecule has 0 saturated heterocycles. The number of halogens is 1. The third kappa shape index (κ3) is 7.04. The summed E-state index contributed by atoms with van der Waals surface area (Å²) in [5, 5.41) is 4.61. The maximum atomic E-state index is 13.9. The van der Waals surface area contributed by atoms with E-state index in [4.69, 9.17) is 16.3 Å². The summed E-state index contributed by atoms with van der Waals surface area (Å²) in [5.74, 6) is 0.191. The molecule has 1 amide bonds. The summed E-state index contributed by atoms with van der Waals surface area (Å²) in [7, 11) is -4.04. The van der Waals surface area contributed by atoms with Gasteiger partial charge in [-0.1, -0.05) is 53.6 Å². The van der Waals surface area contributed by atoms with Crippen LogP contribution in [0, 0.1) is 6.92 Å². The number of anilines is 1. The van der Waals surface area contributed by atoms with Gasteiger partial charge in [0.05, 0.1) is 35.5 Å². The van der Waals surface area contributed by atoms with Gasteiger partial charge in [0.1, 0.15) is 5.75 Å². The Kier molecular flexibility index (Phi) is 9.01. The highest BCUT2D eigenvalue weighted by Crippen LogP contribution is 2.30. The van der Waals surface area contributed by atoms with Gasteiger partial charge in [-0.15, -0.1) is 0 Å². The molecular formula is C30H28ClN3O4S. The number of amides is 1. The maximum Gasteiger partial charge on any atom is 0.273 e. The molecule has 0 saturated carbocycles. The Bertz CT molecular complexity index is 1550. The van der Waals surface area contributed by atoms with E-state index in [0.717, 1.165) is 16.9 Å². The Morgan fingerprint density at radius 2 is 1.62 bits per heavy atom. The second-order valence-corrected chi connectivity index (χ2v) is 11.0. The van der Waals surface area contributed by atoms with Gasteiger partial charge in [-0.2, -0.15) is 5.10 Å². The molecule has 1 N–H and O–H groups in total. The highest BCUT2D eigenvalue weighted by molar-refractivity contribution is 7.92. The number of nitrogens with one attached hydrogen (secondary N) is 1. The minimum Gasteiger partial charge on any atom is -0.494 e. The van der Waals surface area contributed by atoms with Crippen LogP contribution in [0.4, 0.5) is 5.69 Å².